The van der Waals surface area contributed by atoms with Crippen molar-refractivity contribution in [2.45, 2.75) is 12.5 Å². The van der Waals surface area contributed by atoms with Gasteiger partial charge in [0.25, 0.3) is 0 Å². The fraction of sp³-hybridized carbons (Fsp3) is 0.105. The molecule has 1 aliphatic heterocycles. The fourth-order valence-electron chi connectivity index (χ4n) is 2.85. The zero-order valence-corrected chi connectivity index (χ0v) is 14.8. The first kappa shape index (κ1) is 14.7. The lowest BCUT2D eigenvalue weighted by Gasteiger charge is -2.22. The second-order valence-corrected chi connectivity index (χ2v) is 7.36. The van der Waals surface area contributed by atoms with E-state index in [-0.39, 0.29) is 6.04 Å². The van der Waals surface area contributed by atoms with Crippen molar-refractivity contribution < 1.29 is 0 Å². The molecule has 2 aromatic carbocycles. The molecule has 0 saturated carbocycles. The fourth-order valence-corrected chi connectivity index (χ4v) is 3.92. The van der Waals surface area contributed by atoms with Crippen molar-refractivity contribution >= 4 is 38.7 Å². The number of para-hydroxylation sites is 1. The quantitative estimate of drug-likeness (QED) is 0.553. The normalized spacial score (nSPS) is 17.3. The van der Waals surface area contributed by atoms with Gasteiger partial charge in [0.05, 0.1) is 17.4 Å². The van der Waals surface area contributed by atoms with Gasteiger partial charge >= 0.3 is 0 Å². The molecule has 0 fully saturated rings. The number of benzene rings is 2. The summed E-state index contributed by atoms with van der Waals surface area (Å²) in [5.41, 5.74) is 3.46. The molecule has 4 heteroatoms. The summed E-state index contributed by atoms with van der Waals surface area (Å²) in [5.74, 6) is 0. The summed E-state index contributed by atoms with van der Waals surface area (Å²) < 4.78 is 1.09. The molecule has 2 heterocycles. The molecule has 2 nitrogen and oxygen atoms in total. The van der Waals surface area contributed by atoms with Gasteiger partial charge in [0.2, 0.25) is 0 Å². The van der Waals surface area contributed by atoms with Crippen LogP contribution in [0.5, 0.6) is 0 Å². The minimum absolute atomic E-state index is 0.274. The third kappa shape index (κ3) is 2.96. The van der Waals surface area contributed by atoms with Crippen molar-refractivity contribution in [3.63, 3.8) is 0 Å². The van der Waals surface area contributed by atoms with Crippen LogP contribution in [-0.4, -0.2) is 5.71 Å². The third-order valence-corrected chi connectivity index (χ3v) is 5.48. The molecule has 4 rings (SSSR count). The Morgan fingerprint density at radius 3 is 2.43 bits per heavy atom. The highest BCUT2D eigenvalue weighted by Crippen LogP contribution is 2.38. The van der Waals surface area contributed by atoms with Gasteiger partial charge in [-0.15, -0.1) is 11.3 Å². The number of anilines is 1. The molecule has 0 bridgehead atoms. The molecule has 1 aliphatic rings. The molecule has 0 N–H and O–H groups in total. The molecular weight excluding hydrogens is 368 g/mol. The lowest BCUT2D eigenvalue weighted by molar-refractivity contribution is 0.722. The van der Waals surface area contributed by atoms with Crippen LogP contribution in [0.2, 0.25) is 0 Å². The van der Waals surface area contributed by atoms with Crippen LogP contribution in [0.15, 0.2) is 81.7 Å². The molecular formula is C19H15BrN2S. The number of nitrogens with zero attached hydrogens (tertiary/aromatic N) is 2. The van der Waals surface area contributed by atoms with Crippen LogP contribution in [0.1, 0.15) is 22.9 Å². The lowest BCUT2D eigenvalue weighted by Crippen LogP contribution is -2.17. The highest BCUT2D eigenvalue weighted by atomic mass is 79.9. The van der Waals surface area contributed by atoms with E-state index in [4.69, 9.17) is 5.10 Å². The van der Waals surface area contributed by atoms with Crippen LogP contribution in [0, 0.1) is 0 Å². The summed E-state index contributed by atoms with van der Waals surface area (Å²) in [4.78, 5) is 1.35. The Kier molecular flexibility index (Phi) is 4.02. The van der Waals surface area contributed by atoms with Crippen molar-refractivity contribution in [3.05, 3.63) is 87.0 Å². The SMILES string of the molecule is Brc1ccc(C2=NN(c3ccccc3)[C@@H](c3cccs3)C2)cc1. The van der Waals surface area contributed by atoms with Gasteiger partial charge in [-0.25, -0.2) is 0 Å². The first-order valence-corrected chi connectivity index (χ1v) is 9.19. The predicted molar refractivity (Wildman–Crippen MR) is 101 cm³/mol. The maximum atomic E-state index is 4.94. The summed E-state index contributed by atoms with van der Waals surface area (Å²) in [5, 5.41) is 9.23. The average Bonchev–Trinajstić information content (AvgIpc) is 3.26. The average molecular weight is 383 g/mol. The minimum atomic E-state index is 0.274. The van der Waals surface area contributed by atoms with Gasteiger partial charge in [-0.2, -0.15) is 5.10 Å². The smallest absolute Gasteiger partial charge is 0.0923 e. The summed E-state index contributed by atoms with van der Waals surface area (Å²) in [6.45, 7) is 0. The molecule has 0 spiro atoms. The highest BCUT2D eigenvalue weighted by Gasteiger charge is 2.30. The Bertz CT molecular complexity index is 810. The molecule has 3 aromatic rings. The molecule has 0 aliphatic carbocycles. The topological polar surface area (TPSA) is 15.6 Å². The second-order valence-electron chi connectivity index (χ2n) is 5.47. The summed E-state index contributed by atoms with van der Waals surface area (Å²) >= 11 is 5.29. The van der Waals surface area contributed by atoms with Gasteiger partial charge in [-0.1, -0.05) is 52.3 Å². The van der Waals surface area contributed by atoms with E-state index in [0.29, 0.717) is 0 Å². The summed E-state index contributed by atoms with van der Waals surface area (Å²) in [6, 6.07) is 23.4. The van der Waals surface area contributed by atoms with Crippen LogP contribution in [0.25, 0.3) is 0 Å². The Labute approximate surface area is 148 Å². The summed E-state index contributed by atoms with van der Waals surface area (Å²) in [7, 11) is 0. The number of halogens is 1. The number of thiophene rings is 1. The molecule has 0 amide bonds. The maximum Gasteiger partial charge on any atom is 0.0923 e. The highest BCUT2D eigenvalue weighted by molar-refractivity contribution is 9.10. The van der Waals surface area contributed by atoms with Gasteiger partial charge in [0, 0.05) is 15.8 Å². The zero-order valence-electron chi connectivity index (χ0n) is 12.4. The van der Waals surface area contributed by atoms with Crippen LogP contribution < -0.4 is 5.01 Å². The second kappa shape index (κ2) is 6.30. The zero-order chi connectivity index (χ0) is 15.6. The van der Waals surface area contributed by atoms with E-state index in [1.807, 2.05) is 6.07 Å². The first-order valence-electron chi connectivity index (χ1n) is 7.52. The molecule has 0 unspecified atom stereocenters. The Morgan fingerprint density at radius 2 is 1.74 bits per heavy atom. The van der Waals surface area contributed by atoms with E-state index >= 15 is 0 Å². The van der Waals surface area contributed by atoms with Crippen LogP contribution >= 0.6 is 27.3 Å². The van der Waals surface area contributed by atoms with Crippen LogP contribution in [0.3, 0.4) is 0 Å². The summed E-state index contributed by atoms with van der Waals surface area (Å²) in [6.07, 6.45) is 0.928. The van der Waals surface area contributed by atoms with Crippen molar-refractivity contribution in [1.82, 2.24) is 0 Å². The Morgan fingerprint density at radius 1 is 0.957 bits per heavy atom. The molecule has 0 radical (unpaired) electrons. The van der Waals surface area contributed by atoms with Gasteiger partial charge in [-0.3, -0.25) is 5.01 Å². The number of hydrogen-bond donors (Lipinski definition) is 0. The van der Waals surface area contributed by atoms with E-state index in [1.54, 1.807) is 11.3 Å². The first-order chi connectivity index (χ1) is 11.3. The van der Waals surface area contributed by atoms with E-state index in [0.717, 1.165) is 22.3 Å². The van der Waals surface area contributed by atoms with Gasteiger partial charge in [0.1, 0.15) is 0 Å². The number of hydrazone groups is 1. The molecule has 1 atom stereocenters. The van der Waals surface area contributed by atoms with Gasteiger partial charge in [0.15, 0.2) is 0 Å². The third-order valence-electron chi connectivity index (χ3n) is 3.98. The molecule has 114 valence electrons. The van der Waals surface area contributed by atoms with Crippen molar-refractivity contribution in [2.24, 2.45) is 5.10 Å². The van der Waals surface area contributed by atoms with Crippen LogP contribution in [0.4, 0.5) is 5.69 Å². The van der Waals surface area contributed by atoms with Crippen molar-refractivity contribution in [2.75, 3.05) is 5.01 Å². The van der Waals surface area contributed by atoms with E-state index in [1.165, 1.54) is 10.4 Å². The Balaban J connectivity index is 1.73. The number of rotatable bonds is 3. The van der Waals surface area contributed by atoms with E-state index in [2.05, 4.69) is 87.0 Å². The van der Waals surface area contributed by atoms with Crippen molar-refractivity contribution in [1.29, 1.82) is 0 Å². The van der Waals surface area contributed by atoms with E-state index in [9.17, 15) is 0 Å². The van der Waals surface area contributed by atoms with Crippen LogP contribution in [-0.2, 0) is 0 Å². The molecule has 1 aromatic heterocycles. The monoisotopic (exact) mass is 382 g/mol. The minimum Gasteiger partial charge on any atom is -0.257 e. The predicted octanol–water partition coefficient (Wildman–Crippen LogP) is 5.87. The largest absolute Gasteiger partial charge is 0.257 e. The Hall–Kier alpha value is -1.91. The molecule has 0 saturated heterocycles. The maximum absolute atomic E-state index is 4.94. The van der Waals surface area contributed by atoms with E-state index < -0.39 is 0 Å². The molecule has 23 heavy (non-hydrogen) atoms. The lowest BCUT2D eigenvalue weighted by atomic mass is 10.0. The standard InChI is InChI=1S/C19H15BrN2S/c20-15-10-8-14(9-11-15)17-13-18(19-7-4-12-23-19)22(21-17)16-5-2-1-3-6-16/h1-12,18H,13H2/t18-/m1/s1. The number of hydrogen-bond acceptors (Lipinski definition) is 3. The van der Waals surface area contributed by atoms with Gasteiger partial charge in [-0.05, 0) is 41.3 Å². The van der Waals surface area contributed by atoms with Crippen molar-refractivity contribution in [3.8, 4) is 0 Å². The van der Waals surface area contributed by atoms with Gasteiger partial charge < -0.3 is 0 Å².